The lowest BCUT2D eigenvalue weighted by Gasteiger charge is -2.20. The zero-order chi connectivity index (χ0) is 16.0. The number of carbonyl (C=O) groups excluding carboxylic acids is 2. The molecule has 21 heavy (non-hydrogen) atoms. The molecular formula is C16H23NO4. The Kier molecular flexibility index (Phi) is 5.90. The van der Waals surface area contributed by atoms with Gasteiger partial charge in [-0.25, -0.2) is 4.79 Å². The Morgan fingerprint density at radius 3 is 2.24 bits per heavy atom. The van der Waals surface area contributed by atoms with E-state index in [0.717, 1.165) is 5.56 Å². The second kappa shape index (κ2) is 7.22. The van der Waals surface area contributed by atoms with Gasteiger partial charge in [-0.3, -0.25) is 4.79 Å². The minimum atomic E-state index is -0.796. The fourth-order valence-electron chi connectivity index (χ4n) is 1.95. The molecule has 0 aliphatic carbocycles. The molecule has 0 aliphatic heterocycles. The van der Waals surface area contributed by atoms with Crippen molar-refractivity contribution in [2.45, 2.75) is 38.6 Å². The van der Waals surface area contributed by atoms with Crippen LogP contribution in [-0.4, -0.2) is 36.7 Å². The highest BCUT2D eigenvalue weighted by Gasteiger charge is 2.22. The SMILES string of the molecule is COC(=O)[C@@H](Cc1ccc(C(C)(C)C)cc1)NC(=O)CO. The first-order chi connectivity index (χ1) is 9.77. The number of methoxy groups -OCH3 is 1. The van der Waals surface area contributed by atoms with E-state index in [-0.39, 0.29) is 5.41 Å². The van der Waals surface area contributed by atoms with Crippen LogP contribution in [0.25, 0.3) is 0 Å². The molecule has 1 atom stereocenters. The average Bonchev–Trinajstić information content (AvgIpc) is 2.45. The Bertz CT molecular complexity index is 488. The van der Waals surface area contributed by atoms with Crippen LogP contribution in [0, 0.1) is 0 Å². The molecule has 0 aliphatic rings. The number of ether oxygens (including phenoxy) is 1. The number of amides is 1. The molecule has 1 amide bonds. The summed E-state index contributed by atoms with van der Waals surface area (Å²) in [7, 11) is 1.27. The van der Waals surface area contributed by atoms with Gasteiger partial charge in [0.15, 0.2) is 0 Å². The van der Waals surface area contributed by atoms with E-state index < -0.39 is 24.5 Å². The zero-order valence-corrected chi connectivity index (χ0v) is 13.0. The van der Waals surface area contributed by atoms with Gasteiger partial charge in [-0.15, -0.1) is 0 Å². The van der Waals surface area contributed by atoms with Crippen LogP contribution in [0.2, 0.25) is 0 Å². The third kappa shape index (κ3) is 5.19. The summed E-state index contributed by atoms with van der Waals surface area (Å²) in [5.41, 5.74) is 2.17. The predicted octanol–water partition coefficient (Wildman–Crippen LogP) is 1.18. The van der Waals surface area contributed by atoms with Crippen molar-refractivity contribution in [3.05, 3.63) is 35.4 Å². The minimum absolute atomic E-state index is 0.0609. The fourth-order valence-corrected chi connectivity index (χ4v) is 1.95. The molecule has 0 bridgehead atoms. The summed E-state index contributed by atoms with van der Waals surface area (Å²) in [6.45, 7) is 5.72. The summed E-state index contributed by atoms with van der Waals surface area (Å²) in [5.74, 6) is -1.13. The molecule has 1 aromatic carbocycles. The first kappa shape index (κ1) is 17.2. The van der Waals surface area contributed by atoms with E-state index in [1.165, 1.54) is 12.7 Å². The maximum atomic E-state index is 11.7. The van der Waals surface area contributed by atoms with Crippen LogP contribution in [0.1, 0.15) is 31.9 Å². The third-order valence-corrected chi connectivity index (χ3v) is 3.22. The highest BCUT2D eigenvalue weighted by molar-refractivity contribution is 5.85. The molecule has 2 N–H and O–H groups in total. The molecule has 1 rings (SSSR count). The van der Waals surface area contributed by atoms with Gasteiger partial charge in [0.05, 0.1) is 7.11 Å². The first-order valence-electron chi connectivity index (χ1n) is 6.85. The topological polar surface area (TPSA) is 75.6 Å². The summed E-state index contributed by atoms with van der Waals surface area (Å²) in [6, 6.07) is 7.09. The summed E-state index contributed by atoms with van der Waals surface area (Å²) >= 11 is 0. The van der Waals surface area contributed by atoms with Crippen LogP contribution in [0.15, 0.2) is 24.3 Å². The number of hydrogen-bond acceptors (Lipinski definition) is 4. The maximum absolute atomic E-state index is 11.7. The number of aliphatic hydroxyl groups is 1. The van der Waals surface area contributed by atoms with Gasteiger partial charge in [-0.2, -0.15) is 0 Å². The standard InChI is InChI=1S/C16H23NO4/c1-16(2,3)12-7-5-11(6-8-12)9-13(15(20)21-4)17-14(19)10-18/h5-8,13,18H,9-10H2,1-4H3,(H,17,19)/t13-/m1/s1. The van der Waals surface area contributed by atoms with Crippen molar-refractivity contribution in [2.75, 3.05) is 13.7 Å². The van der Waals surface area contributed by atoms with E-state index in [4.69, 9.17) is 5.11 Å². The van der Waals surface area contributed by atoms with Crippen LogP contribution in [0.3, 0.4) is 0 Å². The molecule has 1 aromatic rings. The van der Waals surface area contributed by atoms with Gasteiger partial charge in [0.2, 0.25) is 5.91 Å². The van der Waals surface area contributed by atoms with Crippen molar-refractivity contribution in [3.8, 4) is 0 Å². The van der Waals surface area contributed by atoms with Crippen LogP contribution in [0.4, 0.5) is 0 Å². The van der Waals surface area contributed by atoms with Crippen molar-refractivity contribution in [1.29, 1.82) is 0 Å². The molecule has 0 heterocycles. The smallest absolute Gasteiger partial charge is 0.328 e. The minimum Gasteiger partial charge on any atom is -0.467 e. The Hall–Kier alpha value is -1.88. The van der Waals surface area contributed by atoms with Crippen LogP contribution < -0.4 is 5.32 Å². The molecule has 0 unspecified atom stereocenters. The van der Waals surface area contributed by atoms with Gasteiger partial charge in [0, 0.05) is 6.42 Å². The van der Waals surface area contributed by atoms with Gasteiger partial charge in [0.1, 0.15) is 12.6 Å². The zero-order valence-electron chi connectivity index (χ0n) is 13.0. The molecular weight excluding hydrogens is 270 g/mol. The van der Waals surface area contributed by atoms with Crippen LogP contribution >= 0.6 is 0 Å². The number of esters is 1. The Morgan fingerprint density at radius 1 is 1.24 bits per heavy atom. The van der Waals surface area contributed by atoms with Gasteiger partial charge >= 0.3 is 5.97 Å². The van der Waals surface area contributed by atoms with E-state index in [9.17, 15) is 9.59 Å². The van der Waals surface area contributed by atoms with E-state index in [1.807, 2.05) is 24.3 Å². The monoisotopic (exact) mass is 293 g/mol. The summed E-state index contributed by atoms with van der Waals surface area (Å²) in [4.78, 5) is 22.9. The highest BCUT2D eigenvalue weighted by Crippen LogP contribution is 2.22. The Balaban J connectivity index is 2.83. The normalized spacial score (nSPS) is 12.6. The second-order valence-electron chi connectivity index (χ2n) is 5.95. The molecule has 0 radical (unpaired) electrons. The molecule has 5 nitrogen and oxygen atoms in total. The number of benzene rings is 1. The van der Waals surface area contributed by atoms with E-state index >= 15 is 0 Å². The Labute approximate surface area is 125 Å². The number of hydrogen-bond donors (Lipinski definition) is 2. The molecule has 0 spiro atoms. The van der Waals surface area contributed by atoms with Gasteiger partial charge < -0.3 is 15.2 Å². The van der Waals surface area contributed by atoms with Crippen molar-refractivity contribution in [3.63, 3.8) is 0 Å². The molecule has 0 fully saturated rings. The number of nitrogens with one attached hydrogen (secondary N) is 1. The van der Waals surface area contributed by atoms with Crippen molar-refractivity contribution < 1.29 is 19.4 Å². The van der Waals surface area contributed by atoms with Crippen molar-refractivity contribution in [2.24, 2.45) is 0 Å². The fraction of sp³-hybridized carbons (Fsp3) is 0.500. The molecule has 0 aromatic heterocycles. The maximum Gasteiger partial charge on any atom is 0.328 e. The summed E-state index contributed by atoms with van der Waals surface area (Å²) < 4.78 is 4.67. The van der Waals surface area contributed by atoms with Gasteiger partial charge in [-0.05, 0) is 16.5 Å². The first-order valence-corrected chi connectivity index (χ1v) is 6.85. The quantitative estimate of drug-likeness (QED) is 0.799. The Morgan fingerprint density at radius 2 is 1.81 bits per heavy atom. The molecule has 116 valence electrons. The van der Waals surface area contributed by atoms with Crippen molar-refractivity contribution >= 4 is 11.9 Å². The van der Waals surface area contributed by atoms with Crippen LogP contribution in [0.5, 0.6) is 0 Å². The molecule has 5 heteroatoms. The number of carbonyl (C=O) groups is 2. The van der Waals surface area contributed by atoms with E-state index in [0.29, 0.717) is 6.42 Å². The largest absolute Gasteiger partial charge is 0.467 e. The summed E-state index contributed by atoms with van der Waals surface area (Å²) in [6.07, 6.45) is 0.322. The third-order valence-electron chi connectivity index (χ3n) is 3.22. The lowest BCUT2D eigenvalue weighted by atomic mass is 9.86. The van der Waals surface area contributed by atoms with Gasteiger partial charge in [-0.1, -0.05) is 45.0 Å². The van der Waals surface area contributed by atoms with Crippen LogP contribution in [-0.2, 0) is 26.2 Å². The van der Waals surface area contributed by atoms with E-state index in [1.54, 1.807) is 0 Å². The average molecular weight is 293 g/mol. The predicted molar refractivity (Wildman–Crippen MR) is 79.9 cm³/mol. The second-order valence-corrected chi connectivity index (χ2v) is 5.95. The molecule has 0 saturated heterocycles. The van der Waals surface area contributed by atoms with Crippen molar-refractivity contribution in [1.82, 2.24) is 5.32 Å². The lowest BCUT2D eigenvalue weighted by molar-refractivity contribution is -0.145. The van der Waals surface area contributed by atoms with E-state index in [2.05, 4.69) is 30.8 Å². The highest BCUT2D eigenvalue weighted by atomic mass is 16.5. The number of aliphatic hydroxyl groups excluding tert-OH is 1. The lowest BCUT2D eigenvalue weighted by Crippen LogP contribution is -2.44. The summed E-state index contributed by atoms with van der Waals surface area (Å²) in [5, 5.41) is 11.2. The number of rotatable bonds is 5. The molecule has 0 saturated carbocycles. The van der Waals surface area contributed by atoms with Gasteiger partial charge in [0.25, 0.3) is 0 Å².